The first kappa shape index (κ1) is 14.2. The summed E-state index contributed by atoms with van der Waals surface area (Å²) >= 11 is 1.76. The van der Waals surface area contributed by atoms with Gasteiger partial charge in [-0.1, -0.05) is 6.42 Å². The smallest absolute Gasteiger partial charge is 0.240 e. The molecule has 1 fully saturated rings. The van der Waals surface area contributed by atoms with E-state index in [0.29, 0.717) is 10.1 Å². The van der Waals surface area contributed by atoms with Gasteiger partial charge in [-0.15, -0.1) is 0 Å². The second kappa shape index (κ2) is 5.58. The summed E-state index contributed by atoms with van der Waals surface area (Å²) in [6.45, 7) is 0.892. The highest BCUT2D eigenvalue weighted by molar-refractivity contribution is 7.99. The molecule has 2 unspecified atom stereocenters. The van der Waals surface area contributed by atoms with Gasteiger partial charge in [0.25, 0.3) is 0 Å². The van der Waals surface area contributed by atoms with Gasteiger partial charge >= 0.3 is 0 Å². The second-order valence-electron chi connectivity index (χ2n) is 5.43. The number of hydrogen-bond acceptors (Lipinski definition) is 4. The number of anilines is 1. The fourth-order valence-corrected chi connectivity index (χ4v) is 5.44. The first-order chi connectivity index (χ1) is 9.60. The van der Waals surface area contributed by atoms with Gasteiger partial charge in [0.05, 0.1) is 4.90 Å². The summed E-state index contributed by atoms with van der Waals surface area (Å²) in [4.78, 5) is 0.395. The minimum atomic E-state index is -3.40. The molecule has 20 heavy (non-hydrogen) atoms. The molecule has 1 saturated carbocycles. The third-order valence-electron chi connectivity index (χ3n) is 4.16. The van der Waals surface area contributed by atoms with Crippen LogP contribution in [-0.2, 0) is 16.4 Å². The van der Waals surface area contributed by atoms with E-state index in [1.807, 2.05) is 6.07 Å². The third-order valence-corrected chi connectivity index (χ3v) is 6.82. The van der Waals surface area contributed by atoms with E-state index in [0.717, 1.165) is 43.5 Å². The Morgan fingerprint density at radius 1 is 1.35 bits per heavy atom. The van der Waals surface area contributed by atoms with E-state index in [-0.39, 0.29) is 6.04 Å². The van der Waals surface area contributed by atoms with Gasteiger partial charge in [0.2, 0.25) is 10.0 Å². The molecule has 6 heteroatoms. The largest absolute Gasteiger partial charge is 0.384 e. The van der Waals surface area contributed by atoms with Crippen LogP contribution in [0, 0.1) is 0 Å². The van der Waals surface area contributed by atoms with E-state index >= 15 is 0 Å². The molecule has 0 saturated heterocycles. The Morgan fingerprint density at radius 2 is 2.20 bits per heavy atom. The van der Waals surface area contributed by atoms with Crippen molar-refractivity contribution in [1.29, 1.82) is 0 Å². The molecule has 3 rings (SSSR count). The normalized spacial score (nSPS) is 25.4. The molecule has 1 aromatic carbocycles. The van der Waals surface area contributed by atoms with Crippen LogP contribution in [0.4, 0.5) is 5.69 Å². The Hall–Kier alpha value is -0.720. The highest BCUT2D eigenvalue weighted by atomic mass is 32.2. The lowest BCUT2D eigenvalue weighted by Crippen LogP contribution is -2.38. The molecule has 4 nitrogen and oxygen atoms in total. The maximum atomic E-state index is 12.5. The fraction of sp³-hybridized carbons (Fsp3) is 0.571. The quantitative estimate of drug-likeness (QED) is 0.895. The summed E-state index contributed by atoms with van der Waals surface area (Å²) in [5.41, 5.74) is 2.16. The highest BCUT2D eigenvalue weighted by Gasteiger charge is 2.31. The molecule has 0 amide bonds. The molecule has 1 aliphatic carbocycles. The molecule has 2 N–H and O–H groups in total. The zero-order chi connectivity index (χ0) is 14.2. The maximum absolute atomic E-state index is 12.5. The molecule has 0 bridgehead atoms. The average molecular weight is 312 g/mol. The van der Waals surface area contributed by atoms with Crippen LogP contribution in [0.25, 0.3) is 0 Å². The number of hydrogen-bond donors (Lipinski definition) is 2. The molecule has 2 atom stereocenters. The zero-order valence-electron chi connectivity index (χ0n) is 11.6. The molecule has 0 radical (unpaired) electrons. The fourth-order valence-electron chi connectivity index (χ4n) is 3.06. The molecule has 1 aliphatic heterocycles. The maximum Gasteiger partial charge on any atom is 0.240 e. The number of fused-ring (bicyclic) bond motifs is 1. The predicted molar refractivity (Wildman–Crippen MR) is 83.9 cm³/mol. The van der Waals surface area contributed by atoms with Crippen LogP contribution in [0.1, 0.15) is 24.8 Å². The number of thioether (sulfide) groups is 1. The van der Waals surface area contributed by atoms with Gasteiger partial charge in [-0.25, -0.2) is 13.1 Å². The van der Waals surface area contributed by atoms with Crippen molar-refractivity contribution >= 4 is 27.5 Å². The summed E-state index contributed by atoms with van der Waals surface area (Å²) in [5, 5.41) is 3.65. The van der Waals surface area contributed by atoms with Crippen LogP contribution in [0.2, 0.25) is 0 Å². The topological polar surface area (TPSA) is 58.2 Å². The minimum absolute atomic E-state index is 0.0707. The Kier molecular flexibility index (Phi) is 3.97. The zero-order valence-corrected chi connectivity index (χ0v) is 13.2. The predicted octanol–water partition coefficient (Wildman–Crippen LogP) is 2.22. The first-order valence-electron chi connectivity index (χ1n) is 7.02. The Balaban J connectivity index is 1.81. The lowest BCUT2D eigenvalue weighted by molar-refractivity contribution is 0.555. The van der Waals surface area contributed by atoms with Gasteiger partial charge in [0.1, 0.15) is 0 Å². The molecule has 0 spiro atoms. The van der Waals surface area contributed by atoms with Gasteiger partial charge in [0, 0.05) is 23.5 Å². The molecule has 1 aromatic rings. The highest BCUT2D eigenvalue weighted by Crippen LogP contribution is 2.30. The number of benzene rings is 1. The lowest BCUT2D eigenvalue weighted by atomic mass is 10.2. The summed E-state index contributed by atoms with van der Waals surface area (Å²) < 4.78 is 27.9. The summed E-state index contributed by atoms with van der Waals surface area (Å²) in [6.07, 6.45) is 6.10. The lowest BCUT2D eigenvalue weighted by Gasteiger charge is -2.19. The van der Waals surface area contributed by atoms with Crippen molar-refractivity contribution in [1.82, 2.24) is 4.72 Å². The second-order valence-corrected chi connectivity index (χ2v) is 8.22. The first-order valence-corrected chi connectivity index (χ1v) is 9.79. The monoisotopic (exact) mass is 312 g/mol. The Bertz CT molecular complexity index is 601. The van der Waals surface area contributed by atoms with Gasteiger partial charge in [0.15, 0.2) is 0 Å². The number of sulfonamides is 1. The number of rotatable bonds is 4. The van der Waals surface area contributed by atoms with Crippen LogP contribution in [0.5, 0.6) is 0 Å². The molecular formula is C14H20N2O2S2. The summed E-state index contributed by atoms with van der Waals surface area (Å²) in [7, 11) is -3.40. The van der Waals surface area contributed by atoms with Crippen molar-refractivity contribution in [3.63, 3.8) is 0 Å². The van der Waals surface area contributed by atoms with Crippen molar-refractivity contribution in [2.75, 3.05) is 18.1 Å². The minimum Gasteiger partial charge on any atom is -0.384 e. The molecule has 1 heterocycles. The van der Waals surface area contributed by atoms with Crippen molar-refractivity contribution in [3.05, 3.63) is 23.8 Å². The van der Waals surface area contributed by atoms with Crippen LogP contribution in [0.3, 0.4) is 0 Å². The van der Waals surface area contributed by atoms with Crippen LogP contribution < -0.4 is 10.0 Å². The summed E-state index contributed by atoms with van der Waals surface area (Å²) in [6, 6.07) is 5.45. The average Bonchev–Trinajstić information content (AvgIpc) is 3.05. The summed E-state index contributed by atoms with van der Waals surface area (Å²) in [5.74, 6) is 0. The number of nitrogens with one attached hydrogen (secondary N) is 2. The van der Waals surface area contributed by atoms with Crippen molar-refractivity contribution in [3.8, 4) is 0 Å². The van der Waals surface area contributed by atoms with E-state index in [1.54, 1.807) is 23.9 Å². The van der Waals surface area contributed by atoms with E-state index in [2.05, 4.69) is 16.3 Å². The SMILES string of the molecule is CSC1CCCC1NS(=O)(=O)c1ccc2c(c1)CCN2. The van der Waals surface area contributed by atoms with Gasteiger partial charge in [-0.3, -0.25) is 0 Å². The van der Waals surface area contributed by atoms with Crippen LogP contribution in [0.15, 0.2) is 23.1 Å². The Morgan fingerprint density at radius 3 is 3.00 bits per heavy atom. The van der Waals surface area contributed by atoms with E-state index in [9.17, 15) is 8.42 Å². The van der Waals surface area contributed by atoms with Crippen LogP contribution >= 0.6 is 11.8 Å². The molecule has 110 valence electrons. The van der Waals surface area contributed by atoms with Gasteiger partial charge in [-0.05, 0) is 49.3 Å². The third kappa shape index (κ3) is 2.69. The van der Waals surface area contributed by atoms with Crippen molar-refractivity contribution in [2.45, 2.75) is 41.9 Å². The standard InChI is InChI=1S/C14H20N2O2S2/c1-19-14-4-2-3-13(14)16-20(17,18)11-5-6-12-10(9-11)7-8-15-12/h5-6,9,13-16H,2-4,7-8H2,1H3. The Labute approximate surface area is 124 Å². The molecular weight excluding hydrogens is 292 g/mol. The van der Waals surface area contributed by atoms with E-state index < -0.39 is 10.0 Å². The van der Waals surface area contributed by atoms with Gasteiger partial charge < -0.3 is 5.32 Å². The van der Waals surface area contributed by atoms with E-state index in [4.69, 9.17) is 0 Å². The molecule has 0 aromatic heterocycles. The van der Waals surface area contributed by atoms with Crippen LogP contribution in [-0.4, -0.2) is 32.5 Å². The molecule has 2 aliphatic rings. The van der Waals surface area contributed by atoms with E-state index in [1.165, 1.54) is 0 Å². The van der Waals surface area contributed by atoms with Crippen molar-refractivity contribution in [2.24, 2.45) is 0 Å². The van der Waals surface area contributed by atoms with Crippen molar-refractivity contribution < 1.29 is 8.42 Å². The van der Waals surface area contributed by atoms with Gasteiger partial charge in [-0.2, -0.15) is 11.8 Å².